The van der Waals surface area contributed by atoms with Crippen LogP contribution < -0.4 is 0 Å². The standard InChI is InChI=1S/C5H7N4O4P/c6-7-8-14-9-1-3(4(10)11)2-13-5(9)12/h3,14H,1-2H2,(H,10,11). The van der Waals surface area contributed by atoms with Crippen LogP contribution in [0.3, 0.4) is 0 Å². The molecule has 2 atom stereocenters. The highest BCUT2D eigenvalue weighted by Gasteiger charge is 2.31. The second kappa shape index (κ2) is 4.64. The lowest BCUT2D eigenvalue weighted by Crippen LogP contribution is -2.41. The average Bonchev–Trinajstić information content (AvgIpc) is 2.16. The molecule has 1 saturated heterocycles. The number of carboxylic acid groups (broad SMARTS) is 1. The Morgan fingerprint density at radius 1 is 1.86 bits per heavy atom. The summed E-state index contributed by atoms with van der Waals surface area (Å²) in [5.74, 6) is -1.79. The minimum atomic E-state index is -1.03. The molecule has 0 aromatic carbocycles. The number of hydrogen-bond donors (Lipinski definition) is 1. The summed E-state index contributed by atoms with van der Waals surface area (Å²) in [6.45, 7) is -0.114. The Labute approximate surface area is 80.3 Å². The Morgan fingerprint density at radius 3 is 3.14 bits per heavy atom. The number of carbonyl (C=O) groups excluding carboxylic acids is 1. The van der Waals surface area contributed by atoms with Gasteiger partial charge in [-0.1, -0.05) is 4.88 Å². The molecule has 1 aliphatic heterocycles. The molecule has 1 rings (SSSR count). The average molecular weight is 218 g/mol. The summed E-state index contributed by atoms with van der Waals surface area (Å²) in [6.07, 6.45) is -0.645. The molecule has 0 bridgehead atoms. The van der Waals surface area contributed by atoms with Crippen molar-refractivity contribution >= 4 is 20.9 Å². The highest BCUT2D eigenvalue weighted by Crippen LogP contribution is 2.25. The van der Waals surface area contributed by atoms with Gasteiger partial charge in [-0.3, -0.25) is 9.46 Å². The Kier molecular flexibility index (Phi) is 3.50. The Morgan fingerprint density at radius 2 is 2.57 bits per heavy atom. The van der Waals surface area contributed by atoms with Gasteiger partial charge in [-0.05, 0) is 5.53 Å². The first-order valence-electron chi connectivity index (χ1n) is 3.62. The Balaban J connectivity index is 2.59. The van der Waals surface area contributed by atoms with Crippen molar-refractivity contribution < 1.29 is 19.4 Å². The minimum absolute atomic E-state index is 0.0195. The maximum Gasteiger partial charge on any atom is 0.413 e. The predicted molar refractivity (Wildman–Crippen MR) is 46.6 cm³/mol. The normalized spacial score (nSPS) is 21.9. The van der Waals surface area contributed by atoms with Gasteiger partial charge in [-0.15, -0.1) is 0 Å². The van der Waals surface area contributed by atoms with Crippen molar-refractivity contribution in [3.8, 4) is 0 Å². The van der Waals surface area contributed by atoms with E-state index in [1.165, 1.54) is 0 Å². The molecule has 1 heterocycles. The molecule has 0 saturated carbocycles. The van der Waals surface area contributed by atoms with Crippen LogP contribution in [0.25, 0.3) is 10.4 Å². The van der Waals surface area contributed by atoms with Crippen molar-refractivity contribution in [2.75, 3.05) is 13.2 Å². The van der Waals surface area contributed by atoms with Crippen LogP contribution in [0.15, 0.2) is 4.88 Å². The molecule has 1 N–H and O–H groups in total. The number of carboxylic acids is 1. The van der Waals surface area contributed by atoms with Gasteiger partial charge in [-0.2, -0.15) is 0 Å². The zero-order valence-electron chi connectivity index (χ0n) is 6.95. The zero-order chi connectivity index (χ0) is 10.6. The van der Waals surface area contributed by atoms with Crippen LogP contribution in [0.5, 0.6) is 0 Å². The molecule has 0 radical (unpaired) electrons. The number of azide groups is 1. The van der Waals surface area contributed by atoms with E-state index in [0.29, 0.717) is 0 Å². The Bertz CT molecular complexity index is 302. The third-order valence-corrected chi connectivity index (χ3v) is 2.38. The van der Waals surface area contributed by atoms with E-state index in [-0.39, 0.29) is 13.2 Å². The van der Waals surface area contributed by atoms with E-state index in [1.807, 2.05) is 0 Å². The quantitative estimate of drug-likeness (QED) is 0.328. The summed E-state index contributed by atoms with van der Waals surface area (Å²) in [4.78, 5) is 27.2. The predicted octanol–water partition coefficient (Wildman–Crippen LogP) is 0.958. The number of rotatable bonds is 3. The van der Waals surface area contributed by atoms with Crippen molar-refractivity contribution in [3.63, 3.8) is 0 Å². The molecular weight excluding hydrogens is 211 g/mol. The lowest BCUT2D eigenvalue weighted by Gasteiger charge is -2.28. The monoisotopic (exact) mass is 218 g/mol. The first-order chi connectivity index (χ1) is 6.65. The topological polar surface area (TPSA) is 116 Å². The van der Waals surface area contributed by atoms with Crippen LogP contribution >= 0.6 is 8.88 Å². The molecule has 0 aromatic rings. The van der Waals surface area contributed by atoms with Crippen LogP contribution in [0.4, 0.5) is 4.79 Å². The van der Waals surface area contributed by atoms with Crippen molar-refractivity contribution in [1.29, 1.82) is 0 Å². The smallest absolute Gasteiger partial charge is 0.413 e. The Hall–Kier alpha value is -1.52. The molecule has 0 aliphatic carbocycles. The number of aliphatic carboxylic acids is 1. The van der Waals surface area contributed by atoms with E-state index in [0.717, 1.165) is 4.67 Å². The van der Waals surface area contributed by atoms with Crippen molar-refractivity contribution in [2.45, 2.75) is 0 Å². The molecule has 1 aliphatic rings. The van der Waals surface area contributed by atoms with Crippen molar-refractivity contribution in [1.82, 2.24) is 4.67 Å². The van der Waals surface area contributed by atoms with E-state index in [1.54, 1.807) is 0 Å². The number of cyclic esters (lactones) is 1. The molecule has 14 heavy (non-hydrogen) atoms. The van der Waals surface area contributed by atoms with E-state index in [4.69, 9.17) is 10.6 Å². The van der Waals surface area contributed by atoms with E-state index in [2.05, 4.69) is 14.5 Å². The molecule has 1 fully saturated rings. The fraction of sp³-hybridized carbons (Fsp3) is 0.600. The molecule has 8 nitrogen and oxygen atoms in total. The number of hydrogen-bond acceptors (Lipinski definition) is 4. The third kappa shape index (κ3) is 2.48. The summed E-state index contributed by atoms with van der Waals surface area (Å²) >= 11 is 0. The number of amides is 1. The van der Waals surface area contributed by atoms with Crippen molar-refractivity contribution in [3.05, 3.63) is 10.4 Å². The fourth-order valence-electron chi connectivity index (χ4n) is 0.902. The number of ether oxygens (including phenoxy) is 1. The van der Waals surface area contributed by atoms with E-state index in [9.17, 15) is 9.59 Å². The SMILES string of the molecule is [N-]=[N+]=NPN1CC(C(=O)O)COC1=O. The first-order valence-corrected chi connectivity index (χ1v) is 4.51. The van der Waals surface area contributed by atoms with Crippen LogP contribution in [-0.4, -0.2) is 35.0 Å². The molecular formula is C5H7N4O4P. The van der Waals surface area contributed by atoms with Crippen molar-refractivity contribution in [2.24, 2.45) is 10.8 Å². The van der Waals surface area contributed by atoms with Gasteiger partial charge in [0, 0.05) is 11.5 Å². The molecule has 76 valence electrons. The summed E-state index contributed by atoms with van der Waals surface area (Å²) in [5, 5.41) is 8.65. The zero-order valence-corrected chi connectivity index (χ0v) is 7.95. The molecule has 1 amide bonds. The molecule has 2 unspecified atom stereocenters. The summed E-state index contributed by atoms with van der Waals surface area (Å²) in [7, 11) is -0.456. The van der Waals surface area contributed by atoms with Crippen LogP contribution in [0, 0.1) is 5.92 Å². The lowest BCUT2D eigenvalue weighted by molar-refractivity contribution is -0.144. The number of nitrogens with zero attached hydrogens (tertiary/aromatic N) is 4. The van der Waals surface area contributed by atoms with Gasteiger partial charge in [0.05, 0.1) is 8.88 Å². The van der Waals surface area contributed by atoms with Gasteiger partial charge in [0.25, 0.3) is 0 Å². The van der Waals surface area contributed by atoms with Gasteiger partial charge >= 0.3 is 12.1 Å². The maximum atomic E-state index is 11.0. The summed E-state index contributed by atoms with van der Waals surface area (Å²) in [5.41, 5.74) is 8.03. The van der Waals surface area contributed by atoms with Gasteiger partial charge in [0.2, 0.25) is 0 Å². The van der Waals surface area contributed by atoms with Gasteiger partial charge in [0.15, 0.2) is 0 Å². The molecule has 0 aromatic heterocycles. The van der Waals surface area contributed by atoms with Crippen LogP contribution in [0.1, 0.15) is 0 Å². The fourth-order valence-corrected chi connectivity index (χ4v) is 1.50. The van der Waals surface area contributed by atoms with Crippen LogP contribution in [0.2, 0.25) is 0 Å². The molecule has 0 spiro atoms. The summed E-state index contributed by atoms with van der Waals surface area (Å²) < 4.78 is 5.66. The minimum Gasteiger partial charge on any atom is -0.481 e. The van der Waals surface area contributed by atoms with Gasteiger partial charge < -0.3 is 9.84 Å². The molecule has 9 heteroatoms. The van der Waals surface area contributed by atoms with Gasteiger partial charge in [-0.25, -0.2) is 4.79 Å². The third-order valence-electron chi connectivity index (χ3n) is 1.59. The second-order valence-electron chi connectivity index (χ2n) is 2.51. The van der Waals surface area contributed by atoms with E-state index >= 15 is 0 Å². The first kappa shape index (κ1) is 10.6. The van der Waals surface area contributed by atoms with E-state index < -0.39 is 26.9 Å². The second-order valence-corrected chi connectivity index (χ2v) is 3.45. The highest BCUT2D eigenvalue weighted by molar-refractivity contribution is 7.34. The van der Waals surface area contributed by atoms with Gasteiger partial charge in [0.1, 0.15) is 12.5 Å². The largest absolute Gasteiger partial charge is 0.481 e. The van der Waals surface area contributed by atoms with Crippen LogP contribution in [-0.2, 0) is 9.53 Å². The highest BCUT2D eigenvalue weighted by atomic mass is 31.1. The number of carbonyl (C=O) groups is 2. The lowest BCUT2D eigenvalue weighted by atomic mass is 10.1. The summed E-state index contributed by atoms with van der Waals surface area (Å²) in [6, 6.07) is 0. The maximum absolute atomic E-state index is 11.0.